The molecule has 0 aliphatic carbocycles. The molecule has 1 aliphatic heterocycles. The molecule has 6 atom stereocenters. The number of carbonyl (C=O) groups excluding carboxylic acids is 2. The zero-order chi connectivity index (χ0) is 40.9. The first-order valence-electron chi connectivity index (χ1n) is 22.9. The highest BCUT2D eigenvalue weighted by molar-refractivity contribution is 5.70. The number of hydrogen-bond donors (Lipinski definition) is 4. The van der Waals surface area contributed by atoms with Gasteiger partial charge < -0.3 is 39.4 Å². The number of aliphatic hydroxyl groups is 4. The van der Waals surface area contributed by atoms with Crippen molar-refractivity contribution in [3.63, 3.8) is 0 Å². The van der Waals surface area contributed by atoms with Crippen molar-refractivity contribution < 1.29 is 49.0 Å². The van der Waals surface area contributed by atoms with Crippen molar-refractivity contribution in [3.05, 3.63) is 24.3 Å². The van der Waals surface area contributed by atoms with Crippen LogP contribution >= 0.6 is 0 Å². The van der Waals surface area contributed by atoms with Gasteiger partial charge in [-0.2, -0.15) is 0 Å². The lowest BCUT2D eigenvalue weighted by Gasteiger charge is -2.39. The van der Waals surface area contributed by atoms with Crippen molar-refractivity contribution in [2.24, 2.45) is 0 Å². The van der Waals surface area contributed by atoms with Crippen molar-refractivity contribution in [2.75, 3.05) is 19.8 Å². The maximum atomic E-state index is 12.8. The van der Waals surface area contributed by atoms with Gasteiger partial charge in [0.1, 0.15) is 31.0 Å². The Hall–Kier alpha value is -1.82. The molecule has 0 amide bonds. The molecule has 10 nitrogen and oxygen atoms in total. The minimum atomic E-state index is -1.59. The van der Waals surface area contributed by atoms with Crippen molar-refractivity contribution in [2.45, 2.75) is 237 Å². The lowest BCUT2D eigenvalue weighted by Crippen LogP contribution is -2.59. The molecule has 0 radical (unpaired) electrons. The lowest BCUT2D eigenvalue weighted by molar-refractivity contribution is -0.305. The molecule has 328 valence electrons. The molecule has 0 spiro atoms. The van der Waals surface area contributed by atoms with Crippen LogP contribution in [0, 0.1) is 0 Å². The molecular weight excluding hydrogens is 712 g/mol. The van der Waals surface area contributed by atoms with Gasteiger partial charge in [-0.15, -0.1) is 0 Å². The molecule has 0 bridgehead atoms. The van der Waals surface area contributed by atoms with Gasteiger partial charge in [0.2, 0.25) is 0 Å². The number of unbranched alkanes of at least 4 members (excludes halogenated alkanes) is 24. The molecule has 0 saturated carbocycles. The van der Waals surface area contributed by atoms with E-state index in [4.69, 9.17) is 18.9 Å². The Labute approximate surface area is 341 Å². The van der Waals surface area contributed by atoms with Crippen LogP contribution < -0.4 is 0 Å². The third-order valence-electron chi connectivity index (χ3n) is 10.6. The number of ether oxygens (including phenoxy) is 4. The summed E-state index contributed by atoms with van der Waals surface area (Å²) in [6.07, 6.45) is 33.2. The normalized spacial score (nSPS) is 20.6. The largest absolute Gasteiger partial charge is 0.462 e. The summed E-state index contributed by atoms with van der Waals surface area (Å²) in [5.74, 6) is -0.816. The SMILES string of the molecule is CCCCCC/C=C/C=C/CCCCCCCC(=O)O[C@@H](COC(=O)CCCCCCCCCCCCCCCCCC)CO[C@H]1O[C@@H](CO)[C@@H](O)C(O)C1O. The summed E-state index contributed by atoms with van der Waals surface area (Å²) < 4.78 is 22.2. The van der Waals surface area contributed by atoms with Crippen LogP contribution in [-0.2, 0) is 28.5 Å². The summed E-state index contributed by atoms with van der Waals surface area (Å²) in [6.45, 7) is 3.40. The van der Waals surface area contributed by atoms with Gasteiger partial charge in [-0.3, -0.25) is 9.59 Å². The van der Waals surface area contributed by atoms with E-state index in [1.807, 2.05) is 0 Å². The third-order valence-corrected chi connectivity index (χ3v) is 10.6. The van der Waals surface area contributed by atoms with Gasteiger partial charge in [0.15, 0.2) is 12.4 Å². The molecule has 0 aromatic heterocycles. The molecular formula is C46H84O10. The Morgan fingerprint density at radius 1 is 0.554 bits per heavy atom. The molecule has 56 heavy (non-hydrogen) atoms. The number of allylic oxidation sites excluding steroid dienone is 4. The van der Waals surface area contributed by atoms with E-state index in [0.717, 1.165) is 57.8 Å². The molecule has 10 heteroatoms. The molecule has 4 N–H and O–H groups in total. The molecule has 1 rings (SSSR count). The summed E-state index contributed by atoms with van der Waals surface area (Å²) >= 11 is 0. The van der Waals surface area contributed by atoms with Gasteiger partial charge in [-0.1, -0.05) is 173 Å². The molecule has 1 fully saturated rings. The van der Waals surface area contributed by atoms with E-state index >= 15 is 0 Å². The Bertz CT molecular complexity index is 970. The Morgan fingerprint density at radius 3 is 1.46 bits per heavy atom. The van der Waals surface area contributed by atoms with E-state index in [-0.39, 0.29) is 32.0 Å². The minimum Gasteiger partial charge on any atom is -0.462 e. The fourth-order valence-electron chi connectivity index (χ4n) is 6.94. The van der Waals surface area contributed by atoms with Gasteiger partial charge in [0, 0.05) is 12.8 Å². The van der Waals surface area contributed by atoms with Crippen LogP contribution in [0.25, 0.3) is 0 Å². The molecule has 1 saturated heterocycles. The quantitative estimate of drug-likeness (QED) is 0.0270. The van der Waals surface area contributed by atoms with Crippen LogP contribution in [0.1, 0.15) is 200 Å². The summed E-state index contributed by atoms with van der Waals surface area (Å²) in [6, 6.07) is 0. The number of carbonyl (C=O) groups is 2. The molecule has 0 aromatic carbocycles. The first-order chi connectivity index (χ1) is 27.3. The number of rotatable bonds is 38. The standard InChI is InChI=1S/C46H84O10/c1-3-5-7-9-11-13-15-17-19-21-22-24-26-28-30-32-34-41(48)53-37-39(38-54-46-45(52)44(51)43(50)40(36-47)56-46)55-42(49)35-33-31-29-27-25-23-20-18-16-14-12-10-8-6-4-2/h14,16,18,20,39-40,43-47,50-52H,3-13,15,17,19,21-38H2,1-2H3/b16-14+,20-18+/t39-,40-,43+,44?,45?,46-/m0/s1. The Balaban J connectivity index is 2.33. The van der Waals surface area contributed by atoms with Gasteiger partial charge in [0.25, 0.3) is 0 Å². The predicted molar refractivity (Wildman–Crippen MR) is 224 cm³/mol. The average Bonchev–Trinajstić information content (AvgIpc) is 3.19. The first kappa shape index (κ1) is 52.2. The van der Waals surface area contributed by atoms with Crippen molar-refractivity contribution in [3.8, 4) is 0 Å². The van der Waals surface area contributed by atoms with E-state index in [1.165, 1.54) is 109 Å². The smallest absolute Gasteiger partial charge is 0.306 e. The van der Waals surface area contributed by atoms with Crippen LogP contribution in [0.2, 0.25) is 0 Å². The number of hydrogen-bond acceptors (Lipinski definition) is 10. The van der Waals surface area contributed by atoms with Crippen LogP contribution in [0.5, 0.6) is 0 Å². The van der Waals surface area contributed by atoms with Gasteiger partial charge in [-0.05, 0) is 38.5 Å². The summed E-state index contributed by atoms with van der Waals surface area (Å²) in [5, 5.41) is 40.1. The van der Waals surface area contributed by atoms with Gasteiger partial charge in [-0.25, -0.2) is 0 Å². The second kappa shape index (κ2) is 37.5. The summed E-state index contributed by atoms with van der Waals surface area (Å²) in [4.78, 5) is 25.3. The highest BCUT2D eigenvalue weighted by atomic mass is 16.7. The number of esters is 2. The second-order valence-electron chi connectivity index (χ2n) is 15.9. The highest BCUT2D eigenvalue weighted by Crippen LogP contribution is 2.23. The van der Waals surface area contributed by atoms with Crippen molar-refractivity contribution in [1.82, 2.24) is 0 Å². The van der Waals surface area contributed by atoms with Crippen LogP contribution in [0.3, 0.4) is 0 Å². The number of aliphatic hydroxyl groups excluding tert-OH is 4. The van der Waals surface area contributed by atoms with E-state index in [9.17, 15) is 30.0 Å². The van der Waals surface area contributed by atoms with E-state index in [1.54, 1.807) is 0 Å². The maximum Gasteiger partial charge on any atom is 0.306 e. The van der Waals surface area contributed by atoms with E-state index in [0.29, 0.717) is 6.42 Å². The molecule has 1 heterocycles. The van der Waals surface area contributed by atoms with Crippen LogP contribution in [0.4, 0.5) is 0 Å². The monoisotopic (exact) mass is 797 g/mol. The molecule has 0 aromatic rings. The summed E-state index contributed by atoms with van der Waals surface area (Å²) in [7, 11) is 0. The second-order valence-corrected chi connectivity index (χ2v) is 15.9. The van der Waals surface area contributed by atoms with Crippen LogP contribution in [0.15, 0.2) is 24.3 Å². The zero-order valence-corrected chi connectivity index (χ0v) is 35.6. The minimum absolute atomic E-state index is 0.215. The van der Waals surface area contributed by atoms with Crippen molar-refractivity contribution in [1.29, 1.82) is 0 Å². The van der Waals surface area contributed by atoms with E-state index in [2.05, 4.69) is 38.2 Å². The third kappa shape index (κ3) is 28.6. The fourth-order valence-corrected chi connectivity index (χ4v) is 6.94. The van der Waals surface area contributed by atoms with Crippen LogP contribution in [-0.4, -0.2) is 89.0 Å². The first-order valence-corrected chi connectivity index (χ1v) is 22.9. The fraction of sp³-hybridized carbons (Fsp3) is 0.870. The van der Waals surface area contributed by atoms with Gasteiger partial charge in [0.05, 0.1) is 13.2 Å². The summed E-state index contributed by atoms with van der Waals surface area (Å²) in [5.41, 5.74) is 0. The molecule has 2 unspecified atom stereocenters. The van der Waals surface area contributed by atoms with Crippen molar-refractivity contribution >= 4 is 11.9 Å². The Kier molecular flexibility index (Phi) is 34.9. The predicted octanol–water partition coefficient (Wildman–Crippen LogP) is 9.72. The Morgan fingerprint density at radius 2 is 0.982 bits per heavy atom. The lowest BCUT2D eigenvalue weighted by atomic mass is 9.99. The maximum absolute atomic E-state index is 12.8. The van der Waals surface area contributed by atoms with E-state index < -0.39 is 49.4 Å². The average molecular weight is 797 g/mol. The topological polar surface area (TPSA) is 152 Å². The molecule has 1 aliphatic rings. The zero-order valence-electron chi connectivity index (χ0n) is 35.6. The van der Waals surface area contributed by atoms with Gasteiger partial charge >= 0.3 is 11.9 Å². The highest BCUT2D eigenvalue weighted by Gasteiger charge is 2.44.